The second kappa shape index (κ2) is 7.35. The minimum atomic E-state index is -0.402. The highest BCUT2D eigenvalue weighted by Gasteiger charge is 2.09. The molecule has 2 aromatic carbocycles. The standard InChI is InChI=1S/C19H14FN3O2/c20-15-7-3-13(4-8-15)18(24)22-16-9-5-14(6-10-16)19(25)23-17-2-1-11-21-12-17/h1-12H,(H,22,24)(H,23,25). The molecule has 2 N–H and O–H groups in total. The fourth-order valence-electron chi connectivity index (χ4n) is 2.15. The largest absolute Gasteiger partial charge is 0.322 e. The van der Waals surface area contributed by atoms with Crippen molar-refractivity contribution in [1.82, 2.24) is 4.98 Å². The maximum Gasteiger partial charge on any atom is 0.255 e. The Bertz CT molecular complexity index is 879. The second-order valence-electron chi connectivity index (χ2n) is 5.23. The molecule has 0 spiro atoms. The number of benzene rings is 2. The Labute approximate surface area is 143 Å². The summed E-state index contributed by atoms with van der Waals surface area (Å²) < 4.78 is 12.9. The van der Waals surface area contributed by atoms with E-state index in [1.807, 2.05) is 0 Å². The van der Waals surface area contributed by atoms with Gasteiger partial charge in [-0.05, 0) is 60.7 Å². The smallest absolute Gasteiger partial charge is 0.255 e. The first kappa shape index (κ1) is 16.3. The van der Waals surface area contributed by atoms with E-state index in [-0.39, 0.29) is 11.8 Å². The fourth-order valence-corrected chi connectivity index (χ4v) is 2.15. The highest BCUT2D eigenvalue weighted by atomic mass is 19.1. The lowest BCUT2D eigenvalue weighted by Crippen LogP contribution is -2.13. The van der Waals surface area contributed by atoms with Crippen LogP contribution in [-0.2, 0) is 0 Å². The van der Waals surface area contributed by atoms with Crippen molar-refractivity contribution in [3.8, 4) is 0 Å². The van der Waals surface area contributed by atoms with Gasteiger partial charge in [0.1, 0.15) is 5.82 Å². The van der Waals surface area contributed by atoms with Gasteiger partial charge in [-0.25, -0.2) is 4.39 Å². The average molecular weight is 335 g/mol. The Hall–Kier alpha value is -3.54. The Kier molecular flexibility index (Phi) is 4.80. The van der Waals surface area contributed by atoms with Crippen LogP contribution in [0.15, 0.2) is 73.1 Å². The Morgan fingerprint density at radius 1 is 0.760 bits per heavy atom. The summed E-state index contributed by atoms with van der Waals surface area (Å²) in [4.78, 5) is 28.1. The zero-order chi connectivity index (χ0) is 17.6. The van der Waals surface area contributed by atoms with E-state index < -0.39 is 5.82 Å². The molecule has 124 valence electrons. The van der Waals surface area contributed by atoms with Crippen LogP contribution < -0.4 is 10.6 Å². The second-order valence-corrected chi connectivity index (χ2v) is 5.23. The first-order valence-electron chi connectivity index (χ1n) is 7.50. The van der Waals surface area contributed by atoms with Gasteiger partial charge >= 0.3 is 0 Å². The highest BCUT2D eigenvalue weighted by molar-refractivity contribution is 6.06. The monoisotopic (exact) mass is 335 g/mol. The third kappa shape index (κ3) is 4.26. The van der Waals surface area contributed by atoms with Gasteiger partial charge in [-0.2, -0.15) is 0 Å². The SMILES string of the molecule is O=C(Nc1ccc(C(=O)Nc2cccnc2)cc1)c1ccc(F)cc1. The van der Waals surface area contributed by atoms with E-state index in [4.69, 9.17) is 0 Å². The summed E-state index contributed by atoms with van der Waals surface area (Å²) in [6, 6.07) is 15.2. The number of hydrogen-bond donors (Lipinski definition) is 2. The topological polar surface area (TPSA) is 71.1 Å². The molecule has 0 aliphatic rings. The molecule has 3 rings (SSSR count). The molecule has 3 aromatic rings. The van der Waals surface area contributed by atoms with E-state index in [0.29, 0.717) is 22.5 Å². The van der Waals surface area contributed by atoms with Crippen LogP contribution in [0.2, 0.25) is 0 Å². The van der Waals surface area contributed by atoms with Gasteiger partial charge in [-0.15, -0.1) is 0 Å². The molecule has 0 aliphatic carbocycles. The molecular formula is C19H14FN3O2. The predicted molar refractivity (Wildman–Crippen MR) is 93.0 cm³/mol. The molecule has 2 amide bonds. The number of nitrogens with zero attached hydrogens (tertiary/aromatic N) is 1. The number of amides is 2. The number of halogens is 1. The quantitative estimate of drug-likeness (QED) is 0.763. The zero-order valence-electron chi connectivity index (χ0n) is 13.1. The summed E-state index contributed by atoms with van der Waals surface area (Å²) in [5.41, 5.74) is 1.93. The molecule has 0 radical (unpaired) electrons. The van der Waals surface area contributed by atoms with Gasteiger partial charge in [0.2, 0.25) is 0 Å². The highest BCUT2D eigenvalue weighted by Crippen LogP contribution is 2.13. The minimum absolute atomic E-state index is 0.274. The molecule has 0 atom stereocenters. The Morgan fingerprint density at radius 3 is 1.88 bits per heavy atom. The van der Waals surface area contributed by atoms with Crippen molar-refractivity contribution < 1.29 is 14.0 Å². The number of hydrogen-bond acceptors (Lipinski definition) is 3. The summed E-state index contributed by atoms with van der Waals surface area (Å²) in [5.74, 6) is -1.03. The fraction of sp³-hybridized carbons (Fsp3) is 0. The van der Waals surface area contributed by atoms with Gasteiger partial charge in [-0.1, -0.05) is 0 Å². The molecule has 0 aliphatic heterocycles. The first-order valence-corrected chi connectivity index (χ1v) is 7.50. The molecule has 0 saturated heterocycles. The van der Waals surface area contributed by atoms with E-state index in [1.165, 1.54) is 24.3 Å². The third-order valence-electron chi connectivity index (χ3n) is 3.43. The average Bonchev–Trinajstić information content (AvgIpc) is 2.63. The van der Waals surface area contributed by atoms with Crippen molar-refractivity contribution in [3.63, 3.8) is 0 Å². The van der Waals surface area contributed by atoms with Crippen molar-refractivity contribution in [2.24, 2.45) is 0 Å². The van der Waals surface area contributed by atoms with Crippen LogP contribution in [0.1, 0.15) is 20.7 Å². The van der Waals surface area contributed by atoms with Crippen LogP contribution in [0, 0.1) is 5.82 Å². The van der Waals surface area contributed by atoms with Crippen LogP contribution in [0.3, 0.4) is 0 Å². The predicted octanol–water partition coefficient (Wildman–Crippen LogP) is 3.73. The number of aromatic nitrogens is 1. The molecule has 1 aromatic heterocycles. The van der Waals surface area contributed by atoms with Gasteiger partial charge in [0, 0.05) is 23.0 Å². The van der Waals surface area contributed by atoms with Crippen molar-refractivity contribution >= 4 is 23.2 Å². The molecule has 1 heterocycles. The lowest BCUT2D eigenvalue weighted by molar-refractivity contribution is 0.102. The van der Waals surface area contributed by atoms with Crippen LogP contribution in [0.4, 0.5) is 15.8 Å². The molecular weight excluding hydrogens is 321 g/mol. The van der Waals surface area contributed by atoms with E-state index in [9.17, 15) is 14.0 Å². The van der Waals surface area contributed by atoms with Crippen molar-refractivity contribution in [2.45, 2.75) is 0 Å². The number of rotatable bonds is 4. The number of pyridine rings is 1. The van der Waals surface area contributed by atoms with Gasteiger partial charge < -0.3 is 10.6 Å². The summed E-state index contributed by atoms with van der Waals surface area (Å²) in [7, 11) is 0. The summed E-state index contributed by atoms with van der Waals surface area (Å²) in [6.45, 7) is 0. The third-order valence-corrected chi connectivity index (χ3v) is 3.43. The van der Waals surface area contributed by atoms with E-state index in [2.05, 4.69) is 15.6 Å². The summed E-state index contributed by atoms with van der Waals surface area (Å²) in [6.07, 6.45) is 3.17. The Morgan fingerprint density at radius 2 is 1.32 bits per heavy atom. The maximum atomic E-state index is 12.9. The van der Waals surface area contributed by atoms with E-state index >= 15 is 0 Å². The molecule has 0 unspecified atom stereocenters. The lowest BCUT2D eigenvalue weighted by atomic mass is 10.1. The van der Waals surface area contributed by atoms with Gasteiger partial charge in [0.25, 0.3) is 11.8 Å². The molecule has 5 nitrogen and oxygen atoms in total. The van der Waals surface area contributed by atoms with Gasteiger partial charge in [0.05, 0.1) is 11.9 Å². The number of anilines is 2. The Balaban J connectivity index is 1.64. The van der Waals surface area contributed by atoms with E-state index in [1.54, 1.807) is 48.8 Å². The summed E-state index contributed by atoms with van der Waals surface area (Å²) in [5, 5.41) is 5.42. The molecule has 0 bridgehead atoms. The first-order chi connectivity index (χ1) is 12.1. The normalized spacial score (nSPS) is 10.1. The number of carbonyl (C=O) groups excluding carboxylic acids is 2. The maximum absolute atomic E-state index is 12.9. The van der Waals surface area contributed by atoms with Crippen LogP contribution in [0.25, 0.3) is 0 Å². The van der Waals surface area contributed by atoms with Crippen molar-refractivity contribution in [2.75, 3.05) is 10.6 Å². The van der Waals surface area contributed by atoms with Gasteiger partial charge in [0.15, 0.2) is 0 Å². The van der Waals surface area contributed by atoms with Crippen molar-refractivity contribution in [1.29, 1.82) is 0 Å². The molecule has 0 fully saturated rings. The zero-order valence-corrected chi connectivity index (χ0v) is 13.1. The van der Waals surface area contributed by atoms with Crippen LogP contribution in [0.5, 0.6) is 0 Å². The molecule has 0 saturated carbocycles. The minimum Gasteiger partial charge on any atom is -0.322 e. The number of carbonyl (C=O) groups is 2. The van der Waals surface area contributed by atoms with Gasteiger partial charge in [-0.3, -0.25) is 14.6 Å². The lowest BCUT2D eigenvalue weighted by Gasteiger charge is -2.07. The van der Waals surface area contributed by atoms with Crippen LogP contribution in [-0.4, -0.2) is 16.8 Å². The molecule has 25 heavy (non-hydrogen) atoms. The van der Waals surface area contributed by atoms with Crippen LogP contribution >= 0.6 is 0 Å². The number of nitrogens with one attached hydrogen (secondary N) is 2. The van der Waals surface area contributed by atoms with Crippen molar-refractivity contribution in [3.05, 3.63) is 90.0 Å². The summed E-state index contributed by atoms with van der Waals surface area (Å²) >= 11 is 0. The molecule has 6 heteroatoms. The van der Waals surface area contributed by atoms with E-state index in [0.717, 1.165) is 0 Å².